The molecule has 0 spiro atoms. The van der Waals surface area contributed by atoms with Gasteiger partial charge in [-0.3, -0.25) is 0 Å². The van der Waals surface area contributed by atoms with Crippen LogP contribution in [0.25, 0.3) is 0 Å². The molecule has 0 aliphatic carbocycles. The van der Waals surface area contributed by atoms with Gasteiger partial charge in [-0.1, -0.05) is 13.0 Å². The van der Waals surface area contributed by atoms with Crippen molar-refractivity contribution in [3.63, 3.8) is 0 Å². The Bertz CT molecular complexity index is 384. The van der Waals surface area contributed by atoms with Crippen molar-refractivity contribution in [1.29, 1.82) is 0 Å². The highest BCUT2D eigenvalue weighted by atomic mass is 19.1. The number of halogens is 1. The molecule has 1 unspecified atom stereocenters. The van der Waals surface area contributed by atoms with E-state index in [0.717, 1.165) is 18.5 Å². The summed E-state index contributed by atoms with van der Waals surface area (Å²) in [6.07, 6.45) is 0.956. The second kappa shape index (κ2) is 5.47. The van der Waals surface area contributed by atoms with Crippen molar-refractivity contribution >= 4 is 5.69 Å². The highest BCUT2D eigenvalue weighted by Crippen LogP contribution is 2.25. The second-order valence-electron chi connectivity index (χ2n) is 4.32. The number of nitrogens with two attached hydrogens (primary N) is 1. The van der Waals surface area contributed by atoms with Crippen LogP contribution >= 0.6 is 0 Å². The van der Waals surface area contributed by atoms with Crippen molar-refractivity contribution in [1.82, 2.24) is 0 Å². The first-order valence-corrected chi connectivity index (χ1v) is 6.09. The molecule has 1 aliphatic rings. The summed E-state index contributed by atoms with van der Waals surface area (Å²) in [4.78, 5) is 2.10. The zero-order valence-corrected chi connectivity index (χ0v) is 10.2. The van der Waals surface area contributed by atoms with Gasteiger partial charge in [-0.25, -0.2) is 4.39 Å². The highest BCUT2D eigenvalue weighted by Gasteiger charge is 2.23. The van der Waals surface area contributed by atoms with E-state index in [-0.39, 0.29) is 11.9 Å². The third-order valence-electron chi connectivity index (χ3n) is 3.26. The maximum Gasteiger partial charge on any atom is 0.146 e. The maximum absolute atomic E-state index is 14.0. The van der Waals surface area contributed by atoms with Crippen molar-refractivity contribution in [2.75, 3.05) is 24.7 Å². The molecule has 1 aromatic carbocycles. The van der Waals surface area contributed by atoms with Gasteiger partial charge in [-0.15, -0.1) is 0 Å². The van der Waals surface area contributed by atoms with Crippen molar-refractivity contribution in [2.45, 2.75) is 25.9 Å². The fourth-order valence-electron chi connectivity index (χ4n) is 2.22. The smallest absolute Gasteiger partial charge is 0.146 e. The first-order valence-electron chi connectivity index (χ1n) is 6.09. The largest absolute Gasteiger partial charge is 0.377 e. The monoisotopic (exact) mass is 238 g/mol. The van der Waals surface area contributed by atoms with Crippen LogP contribution in [-0.4, -0.2) is 25.8 Å². The summed E-state index contributed by atoms with van der Waals surface area (Å²) in [7, 11) is 0. The Labute approximate surface area is 101 Å². The molecule has 17 heavy (non-hydrogen) atoms. The average Bonchev–Trinajstić information content (AvgIpc) is 2.38. The van der Waals surface area contributed by atoms with Gasteiger partial charge >= 0.3 is 0 Å². The highest BCUT2D eigenvalue weighted by molar-refractivity contribution is 5.50. The van der Waals surface area contributed by atoms with Crippen LogP contribution in [0.1, 0.15) is 18.9 Å². The van der Waals surface area contributed by atoms with E-state index in [1.165, 1.54) is 6.07 Å². The molecule has 1 saturated heterocycles. The number of rotatable bonds is 3. The van der Waals surface area contributed by atoms with E-state index in [2.05, 4.69) is 11.8 Å². The van der Waals surface area contributed by atoms with E-state index in [9.17, 15) is 4.39 Å². The molecular formula is C13H19FN2O. The summed E-state index contributed by atoms with van der Waals surface area (Å²) in [6.45, 7) is 4.55. The van der Waals surface area contributed by atoms with Gasteiger partial charge in [0.2, 0.25) is 0 Å². The van der Waals surface area contributed by atoms with Crippen LogP contribution in [-0.2, 0) is 11.3 Å². The van der Waals surface area contributed by atoms with Gasteiger partial charge in [0.15, 0.2) is 0 Å². The lowest BCUT2D eigenvalue weighted by Gasteiger charge is -2.37. The van der Waals surface area contributed by atoms with Crippen LogP contribution in [0.15, 0.2) is 18.2 Å². The number of anilines is 1. The Hall–Kier alpha value is -1.13. The van der Waals surface area contributed by atoms with Crippen molar-refractivity contribution in [3.8, 4) is 0 Å². The van der Waals surface area contributed by atoms with Crippen LogP contribution in [0.5, 0.6) is 0 Å². The SMILES string of the molecule is CCC1COCCN1c1ccc(CN)cc1F. The third-order valence-corrected chi connectivity index (χ3v) is 3.26. The first kappa shape index (κ1) is 12.3. The fraction of sp³-hybridized carbons (Fsp3) is 0.538. The first-order chi connectivity index (χ1) is 8.26. The summed E-state index contributed by atoms with van der Waals surface area (Å²) in [5.74, 6) is -0.187. The summed E-state index contributed by atoms with van der Waals surface area (Å²) < 4.78 is 19.4. The standard InChI is InChI=1S/C13H19FN2O/c1-2-11-9-17-6-5-16(11)13-4-3-10(8-15)7-12(13)14/h3-4,7,11H,2,5-6,8-9,15H2,1H3. The fourth-order valence-corrected chi connectivity index (χ4v) is 2.22. The minimum absolute atomic E-state index is 0.187. The predicted molar refractivity (Wildman–Crippen MR) is 66.5 cm³/mol. The number of ether oxygens (including phenoxy) is 1. The summed E-state index contributed by atoms with van der Waals surface area (Å²) >= 11 is 0. The Balaban J connectivity index is 2.25. The molecule has 3 nitrogen and oxygen atoms in total. The molecule has 0 radical (unpaired) electrons. The Morgan fingerprint density at radius 2 is 2.35 bits per heavy atom. The molecule has 1 fully saturated rings. The predicted octanol–water partition coefficient (Wildman–Crippen LogP) is 1.90. The lowest BCUT2D eigenvalue weighted by atomic mass is 10.1. The van der Waals surface area contributed by atoms with Gasteiger partial charge in [-0.05, 0) is 24.1 Å². The number of hydrogen-bond acceptors (Lipinski definition) is 3. The lowest BCUT2D eigenvalue weighted by Crippen LogP contribution is -2.45. The Kier molecular flexibility index (Phi) is 3.97. The van der Waals surface area contributed by atoms with Crippen molar-refractivity contribution < 1.29 is 9.13 Å². The van der Waals surface area contributed by atoms with Gasteiger partial charge in [-0.2, -0.15) is 0 Å². The van der Waals surface area contributed by atoms with E-state index in [4.69, 9.17) is 10.5 Å². The number of benzene rings is 1. The van der Waals surface area contributed by atoms with Crippen LogP contribution in [0.4, 0.5) is 10.1 Å². The zero-order valence-electron chi connectivity index (χ0n) is 10.2. The summed E-state index contributed by atoms with van der Waals surface area (Å²) in [6, 6.07) is 5.51. The molecule has 1 atom stereocenters. The Morgan fingerprint density at radius 1 is 1.53 bits per heavy atom. The molecule has 0 aromatic heterocycles. The van der Waals surface area contributed by atoms with Crippen LogP contribution in [0, 0.1) is 5.82 Å². The minimum atomic E-state index is -0.187. The molecule has 1 aliphatic heterocycles. The van der Waals surface area contributed by atoms with Gasteiger partial charge in [0, 0.05) is 13.1 Å². The number of hydrogen-bond donors (Lipinski definition) is 1. The number of morpholine rings is 1. The lowest BCUT2D eigenvalue weighted by molar-refractivity contribution is 0.0926. The van der Waals surface area contributed by atoms with Gasteiger partial charge in [0.05, 0.1) is 24.9 Å². The van der Waals surface area contributed by atoms with Crippen LogP contribution in [0.3, 0.4) is 0 Å². The topological polar surface area (TPSA) is 38.5 Å². The summed E-state index contributed by atoms with van der Waals surface area (Å²) in [5, 5.41) is 0. The Morgan fingerprint density at radius 3 is 3.00 bits per heavy atom. The third kappa shape index (κ3) is 2.58. The van der Waals surface area contributed by atoms with Gasteiger partial charge in [0.25, 0.3) is 0 Å². The molecule has 0 amide bonds. The summed E-state index contributed by atoms with van der Waals surface area (Å²) in [5.41, 5.74) is 6.99. The van der Waals surface area contributed by atoms with Crippen molar-refractivity contribution in [2.24, 2.45) is 5.73 Å². The van der Waals surface area contributed by atoms with Crippen LogP contribution in [0.2, 0.25) is 0 Å². The van der Waals surface area contributed by atoms with E-state index in [0.29, 0.717) is 25.4 Å². The average molecular weight is 238 g/mol. The molecule has 2 rings (SSSR count). The van der Waals surface area contributed by atoms with E-state index in [1.54, 1.807) is 0 Å². The molecule has 4 heteroatoms. The van der Waals surface area contributed by atoms with Crippen molar-refractivity contribution in [3.05, 3.63) is 29.6 Å². The van der Waals surface area contributed by atoms with Gasteiger partial charge < -0.3 is 15.4 Å². The molecule has 0 bridgehead atoms. The van der Waals surface area contributed by atoms with E-state index < -0.39 is 0 Å². The molecular weight excluding hydrogens is 219 g/mol. The molecule has 94 valence electrons. The zero-order chi connectivity index (χ0) is 12.3. The molecule has 0 saturated carbocycles. The second-order valence-corrected chi connectivity index (χ2v) is 4.32. The molecule has 1 aromatic rings. The maximum atomic E-state index is 14.0. The minimum Gasteiger partial charge on any atom is -0.377 e. The van der Waals surface area contributed by atoms with E-state index >= 15 is 0 Å². The molecule has 2 N–H and O–H groups in total. The normalized spacial score (nSPS) is 20.6. The quantitative estimate of drug-likeness (QED) is 0.874. The molecule has 1 heterocycles. The van der Waals surface area contributed by atoms with Crippen LogP contribution < -0.4 is 10.6 Å². The number of nitrogens with zero attached hydrogens (tertiary/aromatic N) is 1. The van der Waals surface area contributed by atoms with E-state index in [1.807, 2.05) is 12.1 Å². The van der Waals surface area contributed by atoms with Gasteiger partial charge in [0.1, 0.15) is 5.82 Å².